The number of aromatic nitrogens is 1. The van der Waals surface area contributed by atoms with Crippen molar-refractivity contribution in [1.82, 2.24) is 10.3 Å². The van der Waals surface area contributed by atoms with Gasteiger partial charge in [-0.3, -0.25) is 4.79 Å². The van der Waals surface area contributed by atoms with Gasteiger partial charge in [-0.1, -0.05) is 19.4 Å². The van der Waals surface area contributed by atoms with E-state index < -0.39 is 0 Å². The number of rotatable bonds is 4. The summed E-state index contributed by atoms with van der Waals surface area (Å²) in [6.07, 6.45) is 3.98. The summed E-state index contributed by atoms with van der Waals surface area (Å²) in [5.74, 6) is 0.769. The van der Waals surface area contributed by atoms with Crippen molar-refractivity contribution in [3.05, 3.63) is 23.9 Å². The molecule has 0 aromatic carbocycles. The number of hydrogen-bond acceptors (Lipinski definition) is 3. The normalized spacial score (nSPS) is 23.1. The smallest absolute Gasteiger partial charge is 0.233 e. The average Bonchev–Trinajstić information content (AvgIpc) is 2.40. The number of anilines is 1. The molecular formula is C15H23N3O. The Morgan fingerprint density at radius 2 is 2.37 bits per heavy atom. The van der Waals surface area contributed by atoms with Gasteiger partial charge in [0, 0.05) is 12.2 Å². The quantitative estimate of drug-likeness (QED) is 0.875. The number of aryl methyl sites for hydroxylation is 1. The highest BCUT2D eigenvalue weighted by molar-refractivity contribution is 5.94. The van der Waals surface area contributed by atoms with Crippen LogP contribution in [0.15, 0.2) is 18.2 Å². The molecule has 4 heteroatoms. The fraction of sp³-hybridized carbons (Fsp3) is 0.600. The highest BCUT2D eigenvalue weighted by Gasteiger charge is 2.38. The summed E-state index contributed by atoms with van der Waals surface area (Å²) in [7, 11) is 0. The first kappa shape index (κ1) is 14.0. The van der Waals surface area contributed by atoms with Gasteiger partial charge in [-0.05, 0) is 44.9 Å². The van der Waals surface area contributed by atoms with Gasteiger partial charge in [-0.2, -0.15) is 0 Å². The summed E-state index contributed by atoms with van der Waals surface area (Å²) in [6.45, 7) is 5.86. The molecule has 1 aromatic heterocycles. The Labute approximate surface area is 115 Å². The van der Waals surface area contributed by atoms with Crippen molar-refractivity contribution in [2.24, 2.45) is 5.41 Å². The van der Waals surface area contributed by atoms with Gasteiger partial charge < -0.3 is 10.6 Å². The number of hydrogen-bond donors (Lipinski definition) is 2. The number of pyridine rings is 1. The Morgan fingerprint density at radius 3 is 3.00 bits per heavy atom. The second-order valence-electron chi connectivity index (χ2n) is 5.43. The molecule has 1 amide bonds. The van der Waals surface area contributed by atoms with E-state index in [1.807, 2.05) is 25.1 Å². The van der Waals surface area contributed by atoms with Gasteiger partial charge in [0.25, 0.3) is 0 Å². The van der Waals surface area contributed by atoms with Crippen LogP contribution in [0.4, 0.5) is 5.82 Å². The van der Waals surface area contributed by atoms with Crippen molar-refractivity contribution in [3.63, 3.8) is 0 Å². The maximum Gasteiger partial charge on any atom is 0.233 e. The Kier molecular flexibility index (Phi) is 4.53. The minimum Gasteiger partial charge on any atom is -0.316 e. The maximum atomic E-state index is 12.6. The van der Waals surface area contributed by atoms with Crippen LogP contribution in [0.3, 0.4) is 0 Å². The summed E-state index contributed by atoms with van der Waals surface area (Å²) >= 11 is 0. The second kappa shape index (κ2) is 6.15. The Morgan fingerprint density at radius 1 is 1.53 bits per heavy atom. The lowest BCUT2D eigenvalue weighted by atomic mass is 9.76. The van der Waals surface area contributed by atoms with Crippen LogP contribution in [0.2, 0.25) is 0 Å². The molecule has 2 heterocycles. The Balaban J connectivity index is 2.11. The summed E-state index contributed by atoms with van der Waals surface area (Å²) < 4.78 is 0. The maximum absolute atomic E-state index is 12.6. The van der Waals surface area contributed by atoms with E-state index in [1.165, 1.54) is 0 Å². The summed E-state index contributed by atoms with van der Waals surface area (Å²) in [6, 6.07) is 5.70. The number of carbonyl (C=O) groups excluding carboxylic acids is 1. The molecule has 1 aliphatic rings. The van der Waals surface area contributed by atoms with E-state index >= 15 is 0 Å². The van der Waals surface area contributed by atoms with Gasteiger partial charge >= 0.3 is 0 Å². The van der Waals surface area contributed by atoms with Crippen molar-refractivity contribution < 1.29 is 4.79 Å². The minimum atomic E-state index is -0.265. The molecule has 0 bridgehead atoms. The largest absolute Gasteiger partial charge is 0.316 e. The van der Waals surface area contributed by atoms with Crippen LogP contribution in [-0.4, -0.2) is 24.0 Å². The first-order valence-electron chi connectivity index (χ1n) is 7.12. The number of nitrogens with one attached hydrogen (secondary N) is 2. The third-order valence-electron chi connectivity index (χ3n) is 3.81. The number of nitrogens with zero attached hydrogens (tertiary/aromatic N) is 1. The van der Waals surface area contributed by atoms with Crippen molar-refractivity contribution >= 4 is 11.7 Å². The highest BCUT2D eigenvalue weighted by Crippen LogP contribution is 2.32. The molecular weight excluding hydrogens is 238 g/mol. The monoisotopic (exact) mass is 261 g/mol. The zero-order valence-corrected chi connectivity index (χ0v) is 11.8. The van der Waals surface area contributed by atoms with Crippen LogP contribution in [0.1, 0.15) is 38.3 Å². The molecule has 1 saturated heterocycles. The summed E-state index contributed by atoms with van der Waals surface area (Å²) in [5.41, 5.74) is 0.655. The number of carbonyl (C=O) groups is 1. The average molecular weight is 261 g/mol. The minimum absolute atomic E-state index is 0.111. The van der Waals surface area contributed by atoms with Gasteiger partial charge in [-0.15, -0.1) is 0 Å². The zero-order valence-electron chi connectivity index (χ0n) is 11.8. The molecule has 0 radical (unpaired) electrons. The predicted octanol–water partition coefficient (Wildman–Crippen LogP) is 2.50. The Hall–Kier alpha value is -1.42. The molecule has 2 N–H and O–H groups in total. The molecule has 1 unspecified atom stereocenters. The Bertz CT molecular complexity index is 433. The second-order valence-corrected chi connectivity index (χ2v) is 5.43. The third kappa shape index (κ3) is 3.32. The third-order valence-corrected chi connectivity index (χ3v) is 3.81. The number of amides is 1. The van der Waals surface area contributed by atoms with Gasteiger partial charge in [-0.25, -0.2) is 4.98 Å². The van der Waals surface area contributed by atoms with Crippen LogP contribution in [0, 0.1) is 12.3 Å². The predicted molar refractivity (Wildman–Crippen MR) is 77.0 cm³/mol. The van der Waals surface area contributed by atoms with E-state index in [9.17, 15) is 4.79 Å². The first-order valence-corrected chi connectivity index (χ1v) is 7.12. The van der Waals surface area contributed by atoms with E-state index in [4.69, 9.17) is 0 Å². The van der Waals surface area contributed by atoms with Crippen molar-refractivity contribution in [1.29, 1.82) is 0 Å². The van der Waals surface area contributed by atoms with E-state index in [0.29, 0.717) is 5.82 Å². The van der Waals surface area contributed by atoms with Crippen LogP contribution in [-0.2, 0) is 4.79 Å². The fourth-order valence-corrected chi connectivity index (χ4v) is 2.83. The molecule has 1 aliphatic heterocycles. The standard InChI is InChI=1S/C15H23N3O/c1-3-8-15(9-5-10-16-11-15)14(19)18-13-7-4-6-12(2)17-13/h4,6-7,16H,3,5,8-11H2,1-2H3,(H,17,18,19). The molecule has 2 rings (SSSR count). The molecule has 1 atom stereocenters. The van der Waals surface area contributed by atoms with Crippen molar-refractivity contribution in [2.45, 2.75) is 39.5 Å². The molecule has 104 valence electrons. The molecule has 4 nitrogen and oxygen atoms in total. The first-order chi connectivity index (χ1) is 9.16. The molecule has 0 saturated carbocycles. The van der Waals surface area contributed by atoms with Crippen molar-refractivity contribution in [2.75, 3.05) is 18.4 Å². The van der Waals surface area contributed by atoms with Gasteiger partial charge in [0.05, 0.1) is 5.41 Å². The van der Waals surface area contributed by atoms with E-state index in [1.54, 1.807) is 0 Å². The van der Waals surface area contributed by atoms with E-state index in [0.717, 1.165) is 44.5 Å². The topological polar surface area (TPSA) is 54.0 Å². The highest BCUT2D eigenvalue weighted by atomic mass is 16.2. The molecule has 0 spiro atoms. The lowest BCUT2D eigenvalue weighted by Crippen LogP contribution is -2.48. The molecule has 1 fully saturated rings. The lowest BCUT2D eigenvalue weighted by Gasteiger charge is -2.36. The summed E-state index contributed by atoms with van der Waals surface area (Å²) in [5, 5.41) is 6.35. The van der Waals surface area contributed by atoms with Crippen LogP contribution in [0.25, 0.3) is 0 Å². The molecule has 1 aromatic rings. The van der Waals surface area contributed by atoms with E-state index in [2.05, 4.69) is 22.5 Å². The van der Waals surface area contributed by atoms with Gasteiger partial charge in [0.15, 0.2) is 0 Å². The van der Waals surface area contributed by atoms with Crippen molar-refractivity contribution in [3.8, 4) is 0 Å². The zero-order chi connectivity index (χ0) is 13.7. The van der Waals surface area contributed by atoms with Crippen LogP contribution in [0.5, 0.6) is 0 Å². The molecule has 19 heavy (non-hydrogen) atoms. The number of piperidine rings is 1. The van der Waals surface area contributed by atoms with Crippen LogP contribution < -0.4 is 10.6 Å². The summed E-state index contributed by atoms with van der Waals surface area (Å²) in [4.78, 5) is 16.9. The lowest BCUT2D eigenvalue weighted by molar-refractivity contribution is -0.127. The van der Waals surface area contributed by atoms with Gasteiger partial charge in [0.1, 0.15) is 5.82 Å². The molecule has 0 aliphatic carbocycles. The fourth-order valence-electron chi connectivity index (χ4n) is 2.83. The SMILES string of the molecule is CCCC1(C(=O)Nc2cccc(C)n2)CCCNC1. The van der Waals surface area contributed by atoms with E-state index in [-0.39, 0.29) is 11.3 Å². The van der Waals surface area contributed by atoms with Crippen LogP contribution >= 0.6 is 0 Å². The van der Waals surface area contributed by atoms with Gasteiger partial charge in [0.2, 0.25) is 5.91 Å².